The molecule has 58 valence electrons. The van der Waals surface area contributed by atoms with Gasteiger partial charge in [-0.15, -0.1) is 0 Å². The van der Waals surface area contributed by atoms with Crippen LogP contribution in [0.5, 0.6) is 0 Å². The van der Waals surface area contributed by atoms with E-state index in [2.05, 4.69) is 11.6 Å². The minimum Gasteiger partial charge on any atom is -0.424 e. The van der Waals surface area contributed by atoms with Gasteiger partial charge in [-0.05, 0) is 19.1 Å². The van der Waals surface area contributed by atoms with E-state index >= 15 is 0 Å². The highest BCUT2D eigenvalue weighted by atomic mass is 16.4. The molecule has 0 radical (unpaired) electrons. The fourth-order valence-electron chi connectivity index (χ4n) is 0.779. The van der Waals surface area contributed by atoms with Crippen LogP contribution in [0.2, 0.25) is 0 Å². The van der Waals surface area contributed by atoms with Gasteiger partial charge in [0.2, 0.25) is 0 Å². The fourth-order valence-corrected chi connectivity index (χ4v) is 0.779. The summed E-state index contributed by atoms with van der Waals surface area (Å²) in [6.45, 7) is 5.47. The van der Waals surface area contributed by atoms with Crippen molar-refractivity contribution in [2.45, 2.75) is 6.92 Å². The first kappa shape index (κ1) is 7.60. The molecule has 0 bridgehead atoms. The molecule has 0 unspecified atom stereocenters. The minimum absolute atomic E-state index is 0.174. The number of rotatable bonds is 2. The van der Waals surface area contributed by atoms with Gasteiger partial charge in [-0.3, -0.25) is 0 Å². The van der Waals surface area contributed by atoms with E-state index in [1.165, 1.54) is 0 Å². The van der Waals surface area contributed by atoms with Crippen LogP contribution in [-0.4, -0.2) is 4.98 Å². The molecule has 1 rings (SSSR count). The lowest BCUT2D eigenvalue weighted by Crippen LogP contribution is -1.81. The smallest absolute Gasteiger partial charge is 0.292 e. The fraction of sp³-hybridized carbons (Fsp3) is 0.125. The van der Waals surface area contributed by atoms with Crippen molar-refractivity contribution in [3.8, 4) is 0 Å². The average Bonchev–Trinajstić information content (AvgIpc) is 2.32. The van der Waals surface area contributed by atoms with Gasteiger partial charge in [0.05, 0.1) is 0 Å². The summed E-state index contributed by atoms with van der Waals surface area (Å²) in [5, 5.41) is 0. The highest BCUT2D eigenvalue weighted by Gasteiger charge is 2.03. The van der Waals surface area contributed by atoms with Crippen LogP contribution in [0, 0.1) is 0 Å². The number of aromatic nitrogens is 1. The Balaban J connectivity index is 3.11. The summed E-state index contributed by atoms with van der Waals surface area (Å²) in [5.74, 6) is 0.653. The van der Waals surface area contributed by atoms with Crippen molar-refractivity contribution in [3.63, 3.8) is 0 Å². The predicted octanol–water partition coefficient (Wildman–Crippen LogP) is 1.93. The van der Waals surface area contributed by atoms with Crippen molar-refractivity contribution >= 4 is 18.2 Å². The number of nitrogens with zero attached hydrogens (tertiary/aromatic N) is 1. The van der Waals surface area contributed by atoms with Crippen LogP contribution in [0.4, 0.5) is 6.01 Å². The molecule has 0 atom stereocenters. The van der Waals surface area contributed by atoms with Gasteiger partial charge in [-0.1, -0.05) is 12.7 Å². The number of anilines is 1. The molecule has 11 heavy (non-hydrogen) atoms. The van der Waals surface area contributed by atoms with Gasteiger partial charge in [0.1, 0.15) is 5.69 Å². The number of hydrogen-bond acceptors (Lipinski definition) is 3. The first-order chi connectivity index (χ1) is 5.27. The van der Waals surface area contributed by atoms with Crippen molar-refractivity contribution in [1.82, 2.24) is 4.98 Å². The van der Waals surface area contributed by atoms with Gasteiger partial charge in [-0.2, -0.15) is 4.98 Å². The first-order valence-corrected chi connectivity index (χ1v) is 3.29. The molecule has 0 aliphatic heterocycles. The molecule has 1 aromatic heterocycles. The summed E-state index contributed by atoms with van der Waals surface area (Å²) in [6, 6.07) is 0.174. The number of oxazole rings is 1. The average molecular weight is 150 g/mol. The third-order valence-corrected chi connectivity index (χ3v) is 1.21. The van der Waals surface area contributed by atoms with Gasteiger partial charge in [-0.25, -0.2) is 0 Å². The Morgan fingerprint density at radius 2 is 2.36 bits per heavy atom. The lowest BCUT2D eigenvalue weighted by molar-refractivity contribution is 0.570. The van der Waals surface area contributed by atoms with Crippen LogP contribution in [0.25, 0.3) is 12.2 Å². The van der Waals surface area contributed by atoms with Crippen molar-refractivity contribution in [1.29, 1.82) is 0 Å². The molecule has 0 fully saturated rings. The Morgan fingerprint density at radius 3 is 2.91 bits per heavy atom. The molecule has 0 aliphatic carbocycles. The minimum atomic E-state index is 0.174. The zero-order chi connectivity index (χ0) is 8.27. The molecule has 0 saturated carbocycles. The SMILES string of the molecule is C=Cc1nc(N)oc1/C=C\C. The van der Waals surface area contributed by atoms with Crippen LogP contribution in [0.1, 0.15) is 18.4 Å². The van der Waals surface area contributed by atoms with Gasteiger partial charge in [0.25, 0.3) is 6.01 Å². The molecule has 0 aliphatic rings. The van der Waals surface area contributed by atoms with Crippen molar-refractivity contribution in [2.75, 3.05) is 5.73 Å². The summed E-state index contributed by atoms with van der Waals surface area (Å²) in [6.07, 6.45) is 5.25. The van der Waals surface area contributed by atoms with Crippen LogP contribution in [0.3, 0.4) is 0 Å². The second-order valence-electron chi connectivity index (χ2n) is 2.01. The molecule has 0 aromatic carbocycles. The van der Waals surface area contributed by atoms with Crippen molar-refractivity contribution < 1.29 is 4.42 Å². The summed E-state index contributed by atoms with van der Waals surface area (Å²) in [4.78, 5) is 3.89. The van der Waals surface area contributed by atoms with Crippen LogP contribution in [0.15, 0.2) is 17.1 Å². The van der Waals surface area contributed by atoms with E-state index in [9.17, 15) is 0 Å². The van der Waals surface area contributed by atoms with Crippen LogP contribution >= 0.6 is 0 Å². The number of allylic oxidation sites excluding steroid dienone is 1. The largest absolute Gasteiger partial charge is 0.424 e. The maximum atomic E-state index is 5.33. The molecule has 3 heteroatoms. The Labute approximate surface area is 65.2 Å². The summed E-state index contributed by atoms with van der Waals surface area (Å²) in [5.41, 5.74) is 6.01. The third kappa shape index (κ3) is 1.49. The van der Waals surface area contributed by atoms with Crippen molar-refractivity contribution in [3.05, 3.63) is 24.1 Å². The third-order valence-electron chi connectivity index (χ3n) is 1.21. The standard InChI is InChI=1S/C8H10N2O/c1-3-5-7-6(4-2)10-8(9)11-7/h3-5H,2H2,1H3,(H2,9,10)/b5-3-. The monoisotopic (exact) mass is 150 g/mol. The molecule has 0 amide bonds. The quantitative estimate of drug-likeness (QED) is 0.700. The number of nitrogens with two attached hydrogens (primary N) is 1. The lowest BCUT2D eigenvalue weighted by Gasteiger charge is -1.83. The van der Waals surface area contributed by atoms with E-state index in [1.54, 1.807) is 12.2 Å². The van der Waals surface area contributed by atoms with Crippen LogP contribution < -0.4 is 5.73 Å². The van der Waals surface area contributed by atoms with E-state index in [0.29, 0.717) is 11.5 Å². The maximum Gasteiger partial charge on any atom is 0.292 e. The Bertz CT molecular complexity index is 286. The normalized spacial score (nSPS) is 10.6. The van der Waals surface area contributed by atoms with E-state index in [4.69, 9.17) is 10.2 Å². The molecule has 0 saturated heterocycles. The van der Waals surface area contributed by atoms with Crippen molar-refractivity contribution in [2.24, 2.45) is 0 Å². The van der Waals surface area contributed by atoms with Gasteiger partial charge >= 0.3 is 0 Å². The highest BCUT2D eigenvalue weighted by molar-refractivity contribution is 5.58. The molecule has 2 N–H and O–H groups in total. The van der Waals surface area contributed by atoms with Gasteiger partial charge in [0.15, 0.2) is 5.76 Å². The van der Waals surface area contributed by atoms with E-state index in [1.807, 2.05) is 13.0 Å². The molecule has 1 heterocycles. The second kappa shape index (κ2) is 3.05. The number of nitrogen functional groups attached to an aromatic ring is 1. The molecule has 0 spiro atoms. The summed E-state index contributed by atoms with van der Waals surface area (Å²) in [7, 11) is 0. The summed E-state index contributed by atoms with van der Waals surface area (Å²) < 4.78 is 5.05. The zero-order valence-corrected chi connectivity index (χ0v) is 6.37. The Hall–Kier alpha value is -1.51. The van der Waals surface area contributed by atoms with Gasteiger partial charge < -0.3 is 10.2 Å². The van der Waals surface area contributed by atoms with E-state index < -0.39 is 0 Å². The summed E-state index contributed by atoms with van der Waals surface area (Å²) >= 11 is 0. The molecule has 3 nitrogen and oxygen atoms in total. The second-order valence-corrected chi connectivity index (χ2v) is 2.01. The molecular formula is C8H10N2O. The van der Waals surface area contributed by atoms with E-state index in [-0.39, 0.29) is 6.01 Å². The highest BCUT2D eigenvalue weighted by Crippen LogP contribution is 2.14. The number of hydrogen-bond donors (Lipinski definition) is 1. The Kier molecular flexibility index (Phi) is 2.11. The maximum absolute atomic E-state index is 5.33. The predicted molar refractivity (Wildman–Crippen MR) is 45.7 cm³/mol. The molecular weight excluding hydrogens is 140 g/mol. The molecule has 1 aromatic rings. The van der Waals surface area contributed by atoms with Crippen LogP contribution in [-0.2, 0) is 0 Å². The van der Waals surface area contributed by atoms with Gasteiger partial charge in [0, 0.05) is 0 Å². The zero-order valence-electron chi connectivity index (χ0n) is 6.37. The topological polar surface area (TPSA) is 52.0 Å². The Morgan fingerprint density at radius 1 is 1.64 bits per heavy atom. The van der Waals surface area contributed by atoms with E-state index in [0.717, 1.165) is 0 Å². The first-order valence-electron chi connectivity index (χ1n) is 3.29. The lowest BCUT2D eigenvalue weighted by atomic mass is 10.3.